The van der Waals surface area contributed by atoms with Crippen LogP contribution in [0, 0.1) is 0 Å². The van der Waals surface area contributed by atoms with E-state index in [9.17, 15) is 4.79 Å². The van der Waals surface area contributed by atoms with E-state index in [0.29, 0.717) is 13.2 Å². The number of carbonyl (C=O) groups excluding carboxylic acids is 1. The molecule has 22 heavy (non-hydrogen) atoms. The topological polar surface area (TPSA) is 51.7 Å². The first-order valence-electron chi connectivity index (χ1n) is 7.92. The summed E-state index contributed by atoms with van der Waals surface area (Å²) >= 11 is 0. The molecule has 1 atom stereocenters. The summed E-state index contributed by atoms with van der Waals surface area (Å²) in [4.78, 5) is 18.1. The quantitative estimate of drug-likeness (QED) is 0.855. The Morgan fingerprint density at radius 2 is 2.05 bits per heavy atom. The average molecular weight is 306 g/mol. The number of hydrogen-bond acceptors (Lipinski definition) is 4. The number of piperidine rings is 1. The molecule has 0 radical (unpaired) electrons. The van der Waals surface area contributed by atoms with Gasteiger partial charge in [0.2, 0.25) is 0 Å². The van der Waals surface area contributed by atoms with Crippen molar-refractivity contribution in [3.63, 3.8) is 0 Å². The Labute approximate surface area is 132 Å². The van der Waals surface area contributed by atoms with Crippen LogP contribution in [0.3, 0.4) is 0 Å². The van der Waals surface area contributed by atoms with E-state index in [4.69, 9.17) is 9.47 Å². The van der Waals surface area contributed by atoms with Crippen LogP contribution in [-0.2, 0) is 16.1 Å². The number of amides is 1. The molecule has 5 heteroatoms. The summed E-state index contributed by atoms with van der Waals surface area (Å²) in [7, 11) is 0. The third kappa shape index (κ3) is 5.30. The Kier molecular flexibility index (Phi) is 5.77. The molecule has 0 aliphatic carbocycles. The van der Waals surface area contributed by atoms with Gasteiger partial charge in [0.25, 0.3) is 0 Å². The molecule has 1 aromatic heterocycles. The highest BCUT2D eigenvalue weighted by atomic mass is 16.6. The minimum Gasteiger partial charge on any atom is -0.444 e. The van der Waals surface area contributed by atoms with Gasteiger partial charge in [0.1, 0.15) is 5.60 Å². The number of nitrogens with zero attached hydrogens (tertiary/aromatic N) is 2. The SMILES string of the molecule is CC(C)(C)OC(=O)N1CCCC[C@H]1COCc1ccncc1. The number of likely N-dealkylation sites (tertiary alicyclic amines) is 1. The number of ether oxygens (including phenoxy) is 2. The molecule has 1 aromatic rings. The lowest BCUT2D eigenvalue weighted by Crippen LogP contribution is -2.48. The number of hydrogen-bond donors (Lipinski definition) is 0. The van der Waals surface area contributed by atoms with E-state index in [-0.39, 0.29) is 12.1 Å². The van der Waals surface area contributed by atoms with Crippen molar-refractivity contribution in [1.29, 1.82) is 0 Å². The maximum Gasteiger partial charge on any atom is 0.410 e. The van der Waals surface area contributed by atoms with Crippen LogP contribution in [0.5, 0.6) is 0 Å². The zero-order valence-electron chi connectivity index (χ0n) is 13.7. The Bertz CT molecular complexity index is 471. The van der Waals surface area contributed by atoms with E-state index in [1.54, 1.807) is 12.4 Å². The Hall–Kier alpha value is -1.62. The van der Waals surface area contributed by atoms with Crippen molar-refractivity contribution in [2.45, 2.75) is 58.3 Å². The number of pyridine rings is 1. The third-order valence-electron chi connectivity index (χ3n) is 3.58. The molecule has 1 aliphatic rings. The number of aromatic nitrogens is 1. The van der Waals surface area contributed by atoms with Crippen LogP contribution in [0.1, 0.15) is 45.6 Å². The van der Waals surface area contributed by atoms with E-state index in [0.717, 1.165) is 31.4 Å². The molecule has 2 heterocycles. The summed E-state index contributed by atoms with van der Waals surface area (Å²) < 4.78 is 11.3. The van der Waals surface area contributed by atoms with Gasteiger partial charge in [-0.2, -0.15) is 0 Å². The molecule has 0 aromatic carbocycles. The Morgan fingerprint density at radius 3 is 2.73 bits per heavy atom. The summed E-state index contributed by atoms with van der Waals surface area (Å²) in [5.74, 6) is 0. The van der Waals surface area contributed by atoms with E-state index >= 15 is 0 Å². The van der Waals surface area contributed by atoms with Gasteiger partial charge in [-0.15, -0.1) is 0 Å². The van der Waals surface area contributed by atoms with Crippen molar-refractivity contribution in [2.75, 3.05) is 13.2 Å². The molecular formula is C17H26N2O3. The van der Waals surface area contributed by atoms with Gasteiger partial charge in [-0.05, 0) is 57.7 Å². The fourth-order valence-electron chi connectivity index (χ4n) is 2.53. The van der Waals surface area contributed by atoms with Crippen LogP contribution < -0.4 is 0 Å². The second-order valence-corrected chi connectivity index (χ2v) is 6.69. The molecule has 0 bridgehead atoms. The molecule has 1 fully saturated rings. The summed E-state index contributed by atoms with van der Waals surface area (Å²) in [6.07, 6.45) is 6.40. The van der Waals surface area contributed by atoms with Crippen molar-refractivity contribution < 1.29 is 14.3 Å². The molecule has 0 N–H and O–H groups in total. The highest BCUT2D eigenvalue weighted by Crippen LogP contribution is 2.21. The molecule has 1 aliphatic heterocycles. The lowest BCUT2D eigenvalue weighted by molar-refractivity contribution is -0.00997. The van der Waals surface area contributed by atoms with Crippen LogP contribution in [0.25, 0.3) is 0 Å². The highest BCUT2D eigenvalue weighted by molar-refractivity contribution is 5.68. The van der Waals surface area contributed by atoms with Crippen LogP contribution in [-0.4, -0.2) is 40.8 Å². The van der Waals surface area contributed by atoms with Gasteiger partial charge < -0.3 is 14.4 Å². The predicted molar refractivity (Wildman–Crippen MR) is 84.5 cm³/mol. The molecule has 1 amide bonds. The summed E-state index contributed by atoms with van der Waals surface area (Å²) in [6.45, 7) is 7.51. The van der Waals surface area contributed by atoms with E-state index in [1.807, 2.05) is 37.8 Å². The van der Waals surface area contributed by atoms with Crippen LogP contribution >= 0.6 is 0 Å². The second kappa shape index (κ2) is 7.58. The minimum atomic E-state index is -0.461. The first-order valence-corrected chi connectivity index (χ1v) is 7.92. The largest absolute Gasteiger partial charge is 0.444 e. The van der Waals surface area contributed by atoms with Crippen molar-refractivity contribution in [3.8, 4) is 0 Å². The van der Waals surface area contributed by atoms with Crippen molar-refractivity contribution in [1.82, 2.24) is 9.88 Å². The zero-order valence-corrected chi connectivity index (χ0v) is 13.7. The normalized spacial score (nSPS) is 19.0. The molecule has 5 nitrogen and oxygen atoms in total. The molecular weight excluding hydrogens is 280 g/mol. The number of rotatable bonds is 4. The Balaban J connectivity index is 1.85. The van der Waals surface area contributed by atoms with Crippen LogP contribution in [0.15, 0.2) is 24.5 Å². The Morgan fingerprint density at radius 1 is 1.32 bits per heavy atom. The molecule has 0 saturated carbocycles. The molecule has 0 unspecified atom stereocenters. The van der Waals surface area contributed by atoms with E-state index in [1.165, 1.54) is 0 Å². The molecule has 1 saturated heterocycles. The van der Waals surface area contributed by atoms with E-state index < -0.39 is 5.60 Å². The fraction of sp³-hybridized carbons (Fsp3) is 0.647. The lowest BCUT2D eigenvalue weighted by atomic mass is 10.0. The summed E-state index contributed by atoms with van der Waals surface area (Å²) in [6, 6.07) is 3.98. The van der Waals surface area contributed by atoms with Gasteiger partial charge in [0.15, 0.2) is 0 Å². The molecule has 2 rings (SSSR count). The summed E-state index contributed by atoms with van der Waals surface area (Å²) in [5, 5.41) is 0. The molecule has 122 valence electrons. The monoisotopic (exact) mass is 306 g/mol. The van der Waals surface area contributed by atoms with Crippen molar-refractivity contribution in [2.24, 2.45) is 0 Å². The van der Waals surface area contributed by atoms with Gasteiger partial charge in [-0.3, -0.25) is 4.98 Å². The van der Waals surface area contributed by atoms with Crippen molar-refractivity contribution in [3.05, 3.63) is 30.1 Å². The second-order valence-electron chi connectivity index (χ2n) is 6.69. The summed E-state index contributed by atoms with van der Waals surface area (Å²) in [5.41, 5.74) is 0.631. The average Bonchev–Trinajstić information content (AvgIpc) is 2.47. The third-order valence-corrected chi connectivity index (χ3v) is 3.58. The maximum atomic E-state index is 12.3. The first kappa shape index (κ1) is 16.7. The number of carbonyl (C=O) groups is 1. The fourth-order valence-corrected chi connectivity index (χ4v) is 2.53. The first-order chi connectivity index (χ1) is 10.5. The minimum absolute atomic E-state index is 0.102. The van der Waals surface area contributed by atoms with Gasteiger partial charge in [0, 0.05) is 18.9 Å². The zero-order chi connectivity index (χ0) is 16.0. The van der Waals surface area contributed by atoms with Crippen molar-refractivity contribution >= 4 is 6.09 Å². The smallest absolute Gasteiger partial charge is 0.410 e. The van der Waals surface area contributed by atoms with Gasteiger partial charge in [-0.25, -0.2) is 4.79 Å². The van der Waals surface area contributed by atoms with Gasteiger partial charge >= 0.3 is 6.09 Å². The van der Waals surface area contributed by atoms with Gasteiger partial charge in [0.05, 0.1) is 19.3 Å². The molecule has 0 spiro atoms. The van der Waals surface area contributed by atoms with E-state index in [2.05, 4.69) is 4.98 Å². The van der Waals surface area contributed by atoms with Crippen LogP contribution in [0.4, 0.5) is 4.79 Å². The predicted octanol–water partition coefficient (Wildman–Crippen LogP) is 3.39. The maximum absolute atomic E-state index is 12.3. The highest BCUT2D eigenvalue weighted by Gasteiger charge is 2.30. The standard InChI is InChI=1S/C17H26N2O3/c1-17(2,3)22-16(20)19-11-5-4-6-15(19)13-21-12-14-7-9-18-10-8-14/h7-10,15H,4-6,11-13H2,1-3H3/t15-/m0/s1. The lowest BCUT2D eigenvalue weighted by Gasteiger charge is -2.36. The van der Waals surface area contributed by atoms with Crippen LogP contribution in [0.2, 0.25) is 0 Å². The van der Waals surface area contributed by atoms with Gasteiger partial charge in [-0.1, -0.05) is 0 Å².